The highest BCUT2D eigenvalue weighted by atomic mass is 32.1. The Morgan fingerprint density at radius 2 is 2.04 bits per heavy atom. The van der Waals surface area contributed by atoms with Gasteiger partial charge in [0.15, 0.2) is 10.8 Å². The van der Waals surface area contributed by atoms with Crippen LogP contribution in [0.2, 0.25) is 0 Å². The van der Waals surface area contributed by atoms with Gasteiger partial charge in [-0.15, -0.1) is 0 Å². The van der Waals surface area contributed by atoms with Gasteiger partial charge in [-0.3, -0.25) is 0 Å². The van der Waals surface area contributed by atoms with E-state index in [1.165, 1.54) is 0 Å². The number of carboxylic acids is 1. The number of aromatic carboxylic acids is 1. The highest BCUT2D eigenvalue weighted by Crippen LogP contribution is 2.34. The van der Waals surface area contributed by atoms with E-state index < -0.39 is 5.97 Å². The fraction of sp³-hybridized carbons (Fsp3) is 0.190. The first-order valence-corrected chi connectivity index (χ1v) is 9.91. The summed E-state index contributed by atoms with van der Waals surface area (Å²) in [6.45, 7) is 4.25. The van der Waals surface area contributed by atoms with Crippen molar-refractivity contribution in [2.45, 2.75) is 26.3 Å². The van der Waals surface area contributed by atoms with Gasteiger partial charge in [0.2, 0.25) is 0 Å². The topological polar surface area (TPSA) is 79.5 Å². The Morgan fingerprint density at radius 1 is 1.25 bits per heavy atom. The largest absolute Gasteiger partial charge is 0.476 e. The van der Waals surface area contributed by atoms with Crippen LogP contribution in [0.3, 0.4) is 0 Å². The molecule has 0 aliphatic heterocycles. The summed E-state index contributed by atoms with van der Waals surface area (Å²) in [7, 11) is 0. The van der Waals surface area contributed by atoms with Crippen LogP contribution in [0.4, 0.5) is 5.13 Å². The fourth-order valence-corrected chi connectivity index (χ4v) is 3.86. The zero-order chi connectivity index (χ0) is 19.7. The maximum atomic E-state index is 11.4. The predicted octanol–water partition coefficient (Wildman–Crippen LogP) is 5.03. The number of nitrogens with one attached hydrogen (secondary N) is 1. The average Bonchev–Trinajstić information content (AvgIpc) is 3.34. The quantitative estimate of drug-likeness (QED) is 0.481. The van der Waals surface area contributed by atoms with Gasteiger partial charge in [-0.1, -0.05) is 48.6 Å². The van der Waals surface area contributed by atoms with Crippen molar-refractivity contribution < 1.29 is 9.90 Å². The van der Waals surface area contributed by atoms with Gasteiger partial charge < -0.3 is 14.8 Å². The number of rotatable bonds is 6. The van der Waals surface area contributed by atoms with Crippen LogP contribution >= 0.6 is 11.3 Å². The van der Waals surface area contributed by atoms with Crippen molar-refractivity contribution >= 4 is 28.1 Å². The summed E-state index contributed by atoms with van der Waals surface area (Å²) in [6, 6.07) is 12.3. The molecule has 0 fully saturated rings. The Morgan fingerprint density at radius 3 is 2.75 bits per heavy atom. The van der Waals surface area contributed by atoms with Crippen LogP contribution in [-0.4, -0.2) is 31.5 Å². The van der Waals surface area contributed by atoms with E-state index in [9.17, 15) is 9.90 Å². The molecule has 0 radical (unpaired) electrons. The summed E-state index contributed by atoms with van der Waals surface area (Å²) in [5.74, 6) is -1.04. The molecule has 0 saturated heterocycles. The minimum atomic E-state index is -1.04. The molecule has 4 rings (SSSR count). The monoisotopic (exact) mass is 392 g/mol. The first-order valence-electron chi connectivity index (χ1n) is 9.09. The molecule has 1 aromatic carbocycles. The number of aromatic nitrogens is 3. The van der Waals surface area contributed by atoms with Crippen molar-refractivity contribution in [2.24, 2.45) is 0 Å². The molecule has 28 heavy (non-hydrogen) atoms. The molecule has 3 heterocycles. The summed E-state index contributed by atoms with van der Waals surface area (Å²) in [4.78, 5) is 21.2. The first-order chi connectivity index (χ1) is 13.5. The number of carboxylic acid groups (broad SMARTS) is 1. The van der Waals surface area contributed by atoms with E-state index in [1.807, 2.05) is 48.8 Å². The van der Waals surface area contributed by atoms with Gasteiger partial charge in [-0.25, -0.2) is 14.8 Å². The molecular formula is C21H20N4O2S. The summed E-state index contributed by atoms with van der Waals surface area (Å²) >= 11 is 1.58. The van der Waals surface area contributed by atoms with Crippen LogP contribution in [0, 0.1) is 0 Å². The highest BCUT2D eigenvalue weighted by molar-refractivity contribution is 7.18. The van der Waals surface area contributed by atoms with Crippen molar-refractivity contribution in [3.05, 3.63) is 60.7 Å². The normalized spacial score (nSPS) is 12.2. The third kappa shape index (κ3) is 3.48. The third-order valence-electron chi connectivity index (χ3n) is 4.63. The number of hydrogen-bond donors (Lipinski definition) is 2. The molecule has 0 spiro atoms. The third-order valence-corrected chi connectivity index (χ3v) is 5.61. The summed E-state index contributed by atoms with van der Waals surface area (Å²) < 4.78 is 1.78. The van der Waals surface area contributed by atoms with Gasteiger partial charge in [0.1, 0.15) is 5.65 Å². The Bertz CT molecular complexity index is 1130. The smallest absolute Gasteiger partial charge is 0.356 e. The van der Waals surface area contributed by atoms with Crippen LogP contribution in [0.15, 0.2) is 55.0 Å². The lowest BCUT2D eigenvalue weighted by molar-refractivity contribution is 0.0691. The van der Waals surface area contributed by atoms with Crippen molar-refractivity contribution in [1.29, 1.82) is 0 Å². The number of nitrogens with zero attached hydrogens (tertiary/aromatic N) is 3. The zero-order valence-corrected chi connectivity index (χ0v) is 16.4. The lowest BCUT2D eigenvalue weighted by Crippen LogP contribution is -2.12. The molecule has 3 aromatic heterocycles. The van der Waals surface area contributed by atoms with Crippen LogP contribution < -0.4 is 5.32 Å². The number of carbonyl (C=O) groups is 1. The molecule has 142 valence electrons. The van der Waals surface area contributed by atoms with Crippen molar-refractivity contribution in [1.82, 2.24) is 14.4 Å². The van der Waals surface area contributed by atoms with Gasteiger partial charge >= 0.3 is 5.97 Å². The number of hydrogen-bond acceptors (Lipinski definition) is 5. The number of benzene rings is 1. The average molecular weight is 392 g/mol. The molecule has 0 aliphatic rings. The van der Waals surface area contributed by atoms with Crippen molar-refractivity contribution in [3.8, 4) is 21.6 Å². The number of pyridine rings is 1. The van der Waals surface area contributed by atoms with Gasteiger partial charge in [0, 0.05) is 35.8 Å². The second kappa shape index (κ2) is 7.44. The molecule has 0 amide bonds. The minimum Gasteiger partial charge on any atom is -0.476 e. The summed E-state index contributed by atoms with van der Waals surface area (Å²) in [5, 5.41) is 13.6. The van der Waals surface area contributed by atoms with Gasteiger partial charge in [-0.05, 0) is 25.0 Å². The van der Waals surface area contributed by atoms with E-state index in [4.69, 9.17) is 0 Å². The SMILES string of the molecule is CC[C@@H](C)Nc1ncc(-c2cc(-c3ccccc3)c3nc(C(=O)O)cn3c2)s1. The van der Waals surface area contributed by atoms with E-state index in [-0.39, 0.29) is 5.69 Å². The van der Waals surface area contributed by atoms with Crippen LogP contribution in [0.1, 0.15) is 30.8 Å². The van der Waals surface area contributed by atoms with E-state index >= 15 is 0 Å². The van der Waals surface area contributed by atoms with Gasteiger partial charge in [0.05, 0.1) is 4.88 Å². The van der Waals surface area contributed by atoms with Crippen LogP contribution in [-0.2, 0) is 0 Å². The lowest BCUT2D eigenvalue weighted by Gasteiger charge is -2.09. The summed E-state index contributed by atoms with van der Waals surface area (Å²) in [5.41, 5.74) is 3.48. The second-order valence-electron chi connectivity index (χ2n) is 6.65. The van der Waals surface area contributed by atoms with Crippen molar-refractivity contribution in [3.63, 3.8) is 0 Å². The number of imidazole rings is 1. The molecule has 0 aliphatic carbocycles. The highest BCUT2D eigenvalue weighted by Gasteiger charge is 2.16. The van der Waals surface area contributed by atoms with E-state index in [0.717, 1.165) is 33.1 Å². The van der Waals surface area contributed by atoms with Crippen LogP contribution in [0.5, 0.6) is 0 Å². The van der Waals surface area contributed by atoms with Crippen molar-refractivity contribution in [2.75, 3.05) is 5.32 Å². The van der Waals surface area contributed by atoms with Gasteiger partial charge in [0.25, 0.3) is 0 Å². The van der Waals surface area contributed by atoms with Gasteiger partial charge in [-0.2, -0.15) is 0 Å². The zero-order valence-electron chi connectivity index (χ0n) is 15.6. The summed E-state index contributed by atoms with van der Waals surface area (Å²) in [6.07, 6.45) is 6.32. The Kier molecular flexibility index (Phi) is 4.83. The number of anilines is 1. The Balaban J connectivity index is 1.84. The standard InChI is InChI=1S/C21H20N4O2S/c1-3-13(2)23-21-22-10-18(28-21)15-9-16(14-7-5-4-6-8-14)19-24-17(20(26)27)12-25(19)11-15/h4-13H,3H2,1-2H3,(H,22,23)(H,26,27)/t13-/m1/s1. The lowest BCUT2D eigenvalue weighted by atomic mass is 10.0. The van der Waals surface area contributed by atoms with E-state index in [0.29, 0.717) is 11.7 Å². The maximum absolute atomic E-state index is 11.4. The second-order valence-corrected chi connectivity index (χ2v) is 7.68. The number of thiazole rings is 1. The molecule has 2 N–H and O–H groups in total. The molecule has 0 unspecified atom stereocenters. The Hall–Kier alpha value is -3.19. The molecule has 6 nitrogen and oxygen atoms in total. The molecule has 0 bridgehead atoms. The maximum Gasteiger partial charge on any atom is 0.356 e. The molecule has 1 atom stereocenters. The molecular weight excluding hydrogens is 372 g/mol. The number of fused-ring (bicyclic) bond motifs is 1. The first kappa shape index (κ1) is 18.2. The molecule has 0 saturated carbocycles. The van der Waals surface area contributed by atoms with E-state index in [1.54, 1.807) is 21.9 Å². The minimum absolute atomic E-state index is 0.0257. The molecule has 4 aromatic rings. The predicted molar refractivity (Wildman–Crippen MR) is 112 cm³/mol. The van der Waals surface area contributed by atoms with E-state index in [2.05, 4.69) is 29.1 Å². The molecule has 7 heteroatoms. The Labute approximate surface area is 166 Å². The van der Waals surface area contributed by atoms with Crippen LogP contribution in [0.25, 0.3) is 27.2 Å². The fourth-order valence-electron chi connectivity index (χ4n) is 2.95.